The number of nitrogens with zero attached hydrogens (tertiary/aromatic N) is 3. The van der Waals surface area contributed by atoms with Crippen molar-refractivity contribution in [2.75, 3.05) is 46.8 Å². The zero-order valence-electron chi connectivity index (χ0n) is 21.6. The van der Waals surface area contributed by atoms with Crippen molar-refractivity contribution in [3.8, 4) is 0 Å². The fourth-order valence-electron chi connectivity index (χ4n) is 5.75. The van der Waals surface area contributed by atoms with E-state index in [4.69, 9.17) is 0 Å². The average Bonchev–Trinajstić information content (AvgIpc) is 3.01. The summed E-state index contributed by atoms with van der Waals surface area (Å²) in [6.07, 6.45) is 5.41. The number of hydrogen-bond donors (Lipinski definition) is 2. The standard InChI is InChI=1S/C25H43N5O4/c1-6-18-7-11-25(12-8-18)22(33)30(23(34)27-25)15-20(31)29-13-9-19(10-14-29)21(32)26-16-24(2,3)17-28(4)5/h18-19H,6-17H2,1-5H3,(H,26,32)(H,27,34). The van der Waals surface area contributed by atoms with Crippen LogP contribution < -0.4 is 10.6 Å². The van der Waals surface area contributed by atoms with E-state index in [1.807, 2.05) is 14.1 Å². The van der Waals surface area contributed by atoms with Crippen LogP contribution in [0, 0.1) is 17.3 Å². The first-order chi connectivity index (χ1) is 16.0. The van der Waals surface area contributed by atoms with Crippen LogP contribution in [0.15, 0.2) is 0 Å². The summed E-state index contributed by atoms with van der Waals surface area (Å²) in [4.78, 5) is 56.1. The van der Waals surface area contributed by atoms with Crippen LogP contribution >= 0.6 is 0 Å². The highest BCUT2D eigenvalue weighted by Crippen LogP contribution is 2.37. The lowest BCUT2D eigenvalue weighted by Gasteiger charge is -2.35. The smallest absolute Gasteiger partial charge is 0.325 e. The predicted molar refractivity (Wildman–Crippen MR) is 130 cm³/mol. The molecule has 2 N–H and O–H groups in total. The summed E-state index contributed by atoms with van der Waals surface area (Å²) >= 11 is 0. The molecule has 1 aliphatic carbocycles. The molecule has 0 unspecified atom stereocenters. The van der Waals surface area contributed by atoms with Gasteiger partial charge < -0.3 is 20.4 Å². The third-order valence-corrected chi connectivity index (χ3v) is 7.78. The molecule has 0 radical (unpaired) electrons. The molecular weight excluding hydrogens is 434 g/mol. The van der Waals surface area contributed by atoms with Crippen LogP contribution in [-0.2, 0) is 14.4 Å². The highest BCUT2D eigenvalue weighted by atomic mass is 16.2. The van der Waals surface area contributed by atoms with Crippen molar-refractivity contribution in [3.05, 3.63) is 0 Å². The monoisotopic (exact) mass is 477 g/mol. The number of urea groups is 1. The van der Waals surface area contributed by atoms with Crippen molar-refractivity contribution < 1.29 is 19.2 Å². The van der Waals surface area contributed by atoms with Gasteiger partial charge in [0.05, 0.1) is 0 Å². The van der Waals surface area contributed by atoms with Crippen molar-refractivity contribution in [1.29, 1.82) is 0 Å². The van der Waals surface area contributed by atoms with E-state index in [0.717, 1.165) is 30.7 Å². The van der Waals surface area contributed by atoms with Gasteiger partial charge in [-0.15, -0.1) is 0 Å². The summed E-state index contributed by atoms with van der Waals surface area (Å²) in [5, 5.41) is 5.97. The second-order valence-electron chi connectivity index (χ2n) is 11.5. The first kappa shape index (κ1) is 26.4. The maximum absolute atomic E-state index is 13.1. The number of nitrogens with one attached hydrogen (secondary N) is 2. The number of carbonyl (C=O) groups is 4. The first-order valence-electron chi connectivity index (χ1n) is 12.8. The molecule has 1 saturated carbocycles. The third-order valence-electron chi connectivity index (χ3n) is 7.78. The minimum absolute atomic E-state index is 0.0220. The Morgan fingerprint density at radius 1 is 1.12 bits per heavy atom. The Labute approximate surface area is 204 Å². The second-order valence-corrected chi connectivity index (χ2v) is 11.5. The Bertz CT molecular complexity index is 780. The minimum Gasteiger partial charge on any atom is -0.355 e. The van der Waals surface area contributed by atoms with E-state index < -0.39 is 11.6 Å². The van der Waals surface area contributed by atoms with Gasteiger partial charge in [-0.3, -0.25) is 19.3 Å². The average molecular weight is 478 g/mol. The zero-order chi connectivity index (χ0) is 25.1. The summed E-state index contributed by atoms with van der Waals surface area (Å²) in [5.74, 6) is 0.0398. The molecule has 2 heterocycles. The third kappa shape index (κ3) is 6.09. The molecule has 0 aromatic rings. The van der Waals surface area contributed by atoms with Crippen molar-refractivity contribution in [3.63, 3.8) is 0 Å². The van der Waals surface area contributed by atoms with Crippen molar-refractivity contribution in [1.82, 2.24) is 25.3 Å². The van der Waals surface area contributed by atoms with E-state index in [0.29, 0.717) is 51.2 Å². The molecule has 34 heavy (non-hydrogen) atoms. The van der Waals surface area contributed by atoms with Gasteiger partial charge in [-0.05, 0) is 64.0 Å². The molecule has 0 bridgehead atoms. The molecule has 192 valence electrons. The molecule has 9 heteroatoms. The number of imide groups is 1. The van der Waals surface area contributed by atoms with E-state index in [-0.39, 0.29) is 35.6 Å². The van der Waals surface area contributed by atoms with E-state index in [9.17, 15) is 19.2 Å². The quantitative estimate of drug-likeness (QED) is 0.519. The normalized spacial score (nSPS) is 26.4. The van der Waals surface area contributed by atoms with Crippen molar-refractivity contribution in [2.45, 2.75) is 71.3 Å². The van der Waals surface area contributed by atoms with E-state index >= 15 is 0 Å². The number of rotatable bonds is 8. The fraction of sp³-hybridized carbons (Fsp3) is 0.840. The topological polar surface area (TPSA) is 102 Å². The summed E-state index contributed by atoms with van der Waals surface area (Å²) in [6.45, 7) is 8.60. The molecule has 2 saturated heterocycles. The van der Waals surface area contributed by atoms with Crippen LogP contribution in [0.3, 0.4) is 0 Å². The van der Waals surface area contributed by atoms with Crippen LogP contribution in [0.4, 0.5) is 4.79 Å². The van der Waals surface area contributed by atoms with Crippen molar-refractivity contribution >= 4 is 23.8 Å². The Morgan fingerprint density at radius 3 is 2.29 bits per heavy atom. The summed E-state index contributed by atoms with van der Waals surface area (Å²) < 4.78 is 0. The Morgan fingerprint density at radius 2 is 1.74 bits per heavy atom. The van der Waals surface area contributed by atoms with Gasteiger partial charge in [0.1, 0.15) is 12.1 Å². The maximum Gasteiger partial charge on any atom is 0.325 e. The Kier molecular flexibility index (Phi) is 8.26. The molecule has 2 aliphatic heterocycles. The van der Waals surface area contributed by atoms with Gasteiger partial charge in [0.15, 0.2) is 0 Å². The second kappa shape index (κ2) is 10.6. The van der Waals surface area contributed by atoms with Gasteiger partial charge >= 0.3 is 6.03 Å². The molecule has 3 fully saturated rings. The summed E-state index contributed by atoms with van der Waals surface area (Å²) in [5.41, 5.74) is -0.847. The SMILES string of the molecule is CCC1CCC2(CC1)NC(=O)N(CC(=O)N1CCC(C(=O)NCC(C)(C)CN(C)C)CC1)C2=O. The summed E-state index contributed by atoms with van der Waals surface area (Å²) in [6, 6.07) is -0.456. The van der Waals surface area contributed by atoms with Crippen LogP contribution in [0.25, 0.3) is 0 Å². The number of likely N-dealkylation sites (tertiary alicyclic amines) is 1. The van der Waals surface area contributed by atoms with Gasteiger partial charge in [-0.1, -0.05) is 27.2 Å². The first-order valence-corrected chi connectivity index (χ1v) is 12.8. The minimum atomic E-state index is -0.825. The van der Waals surface area contributed by atoms with Gasteiger partial charge in [-0.2, -0.15) is 0 Å². The molecule has 3 aliphatic rings. The fourth-order valence-corrected chi connectivity index (χ4v) is 5.75. The van der Waals surface area contributed by atoms with Gasteiger partial charge in [-0.25, -0.2) is 4.79 Å². The lowest BCUT2D eigenvalue weighted by molar-refractivity contribution is -0.141. The molecule has 0 aromatic heterocycles. The maximum atomic E-state index is 13.1. The Hall–Kier alpha value is -2.16. The highest BCUT2D eigenvalue weighted by Gasteiger charge is 2.52. The van der Waals surface area contributed by atoms with Gasteiger partial charge in [0.2, 0.25) is 11.8 Å². The van der Waals surface area contributed by atoms with Crippen LogP contribution in [0.1, 0.15) is 65.7 Å². The number of hydrogen-bond acceptors (Lipinski definition) is 5. The molecule has 1 spiro atoms. The van der Waals surface area contributed by atoms with Crippen LogP contribution in [0.2, 0.25) is 0 Å². The number of carbonyl (C=O) groups excluding carboxylic acids is 4. The Balaban J connectivity index is 1.46. The van der Waals surface area contributed by atoms with E-state index in [2.05, 4.69) is 36.3 Å². The molecule has 9 nitrogen and oxygen atoms in total. The van der Waals surface area contributed by atoms with Gasteiger partial charge in [0, 0.05) is 32.1 Å². The van der Waals surface area contributed by atoms with Crippen LogP contribution in [-0.4, -0.2) is 90.8 Å². The largest absolute Gasteiger partial charge is 0.355 e. The molecule has 5 amide bonds. The molecular formula is C25H43N5O4. The molecule has 3 rings (SSSR count). The lowest BCUT2D eigenvalue weighted by Crippen LogP contribution is -2.51. The number of amides is 5. The van der Waals surface area contributed by atoms with Crippen molar-refractivity contribution in [2.24, 2.45) is 17.3 Å². The van der Waals surface area contributed by atoms with Gasteiger partial charge in [0.25, 0.3) is 5.91 Å². The highest BCUT2D eigenvalue weighted by molar-refractivity contribution is 6.09. The number of piperidine rings is 1. The molecule has 0 aromatic carbocycles. The zero-order valence-corrected chi connectivity index (χ0v) is 21.6. The van der Waals surface area contributed by atoms with E-state index in [1.54, 1.807) is 4.90 Å². The predicted octanol–water partition coefficient (Wildman–Crippen LogP) is 1.82. The lowest BCUT2D eigenvalue weighted by atomic mass is 9.75. The van der Waals surface area contributed by atoms with Crippen LogP contribution in [0.5, 0.6) is 0 Å². The van der Waals surface area contributed by atoms with E-state index in [1.165, 1.54) is 0 Å². The molecule has 0 atom stereocenters. The summed E-state index contributed by atoms with van der Waals surface area (Å²) in [7, 11) is 4.04.